The predicted octanol–water partition coefficient (Wildman–Crippen LogP) is 2.69. The Bertz CT molecular complexity index is 1100. The zero-order chi connectivity index (χ0) is 18.2. The molecule has 0 unspecified atom stereocenters. The highest BCUT2D eigenvalue weighted by Crippen LogP contribution is 2.34. The second-order valence-corrected chi connectivity index (χ2v) is 7.69. The van der Waals surface area contributed by atoms with E-state index in [0.717, 1.165) is 16.8 Å². The minimum Gasteiger partial charge on any atom is -0.495 e. The van der Waals surface area contributed by atoms with E-state index in [0.29, 0.717) is 17.0 Å². The van der Waals surface area contributed by atoms with E-state index in [2.05, 4.69) is 4.40 Å². The Balaban J connectivity index is 2.27. The molecule has 0 aliphatic rings. The summed E-state index contributed by atoms with van der Waals surface area (Å²) in [4.78, 5) is 0.174. The number of aryl methyl sites for hydroxylation is 1. The van der Waals surface area contributed by atoms with Crippen molar-refractivity contribution in [1.82, 2.24) is 4.57 Å². The van der Waals surface area contributed by atoms with Crippen LogP contribution in [0.2, 0.25) is 0 Å². The molecule has 2 aromatic carbocycles. The highest BCUT2D eigenvalue weighted by molar-refractivity contribution is 7.90. The molecule has 0 spiro atoms. The third kappa shape index (κ3) is 3.12. The molecule has 0 fully saturated rings. The van der Waals surface area contributed by atoms with Crippen molar-refractivity contribution in [3.63, 3.8) is 0 Å². The molecule has 9 heteroatoms. The zero-order valence-corrected chi connectivity index (χ0v) is 15.3. The Morgan fingerprint density at radius 1 is 1.04 bits per heavy atom. The lowest BCUT2D eigenvalue weighted by Crippen LogP contribution is -2.14. The molecule has 1 aromatic heterocycles. The summed E-state index contributed by atoms with van der Waals surface area (Å²) < 4.78 is 54.9. The summed E-state index contributed by atoms with van der Waals surface area (Å²) in [7, 11) is 0.789. The van der Waals surface area contributed by atoms with Gasteiger partial charge in [0, 0.05) is 7.05 Å². The van der Waals surface area contributed by atoms with E-state index in [1.165, 1.54) is 37.7 Å². The second kappa shape index (κ2) is 6.49. The number of ether oxygens (including phenoxy) is 2. The molecule has 0 saturated heterocycles. The lowest BCUT2D eigenvalue weighted by molar-refractivity contribution is 0.409. The number of hydrogen-bond acceptors (Lipinski definition) is 5. The molecule has 0 radical (unpaired) electrons. The van der Waals surface area contributed by atoms with Crippen LogP contribution in [0.15, 0.2) is 45.7 Å². The summed E-state index contributed by atoms with van der Waals surface area (Å²) in [6.07, 6.45) is 0. The van der Waals surface area contributed by atoms with Crippen molar-refractivity contribution in [3.8, 4) is 11.5 Å². The zero-order valence-electron chi connectivity index (χ0n) is 13.7. The average molecular weight is 382 g/mol. The molecule has 0 saturated carbocycles. The van der Waals surface area contributed by atoms with Gasteiger partial charge in [-0.2, -0.15) is 8.42 Å². The predicted molar refractivity (Wildman–Crippen MR) is 93.0 cm³/mol. The van der Waals surface area contributed by atoms with Gasteiger partial charge in [0.25, 0.3) is 10.0 Å². The van der Waals surface area contributed by atoms with E-state index in [9.17, 15) is 12.8 Å². The summed E-state index contributed by atoms with van der Waals surface area (Å²) in [5.41, 5.74) is 0.680. The van der Waals surface area contributed by atoms with Crippen LogP contribution in [-0.4, -0.2) is 27.2 Å². The summed E-state index contributed by atoms with van der Waals surface area (Å²) in [6.45, 7) is 0. The fourth-order valence-electron chi connectivity index (χ4n) is 2.37. The number of halogens is 1. The summed E-state index contributed by atoms with van der Waals surface area (Å²) in [5.74, 6) is 0.660. The van der Waals surface area contributed by atoms with Crippen LogP contribution in [0.1, 0.15) is 0 Å². The van der Waals surface area contributed by atoms with Crippen molar-refractivity contribution in [3.05, 3.63) is 47.0 Å². The van der Waals surface area contributed by atoms with Gasteiger partial charge < -0.3 is 14.0 Å². The van der Waals surface area contributed by atoms with Crippen molar-refractivity contribution in [2.24, 2.45) is 11.4 Å². The molecule has 0 aliphatic heterocycles. The third-order valence-electron chi connectivity index (χ3n) is 3.62. The van der Waals surface area contributed by atoms with Gasteiger partial charge in [-0.3, -0.25) is 0 Å². The molecule has 3 rings (SSSR count). The molecule has 0 bridgehead atoms. The van der Waals surface area contributed by atoms with E-state index < -0.39 is 15.8 Å². The Labute approximate surface area is 147 Å². The van der Waals surface area contributed by atoms with E-state index in [1.54, 1.807) is 23.7 Å². The Hall–Kier alpha value is -2.39. The Morgan fingerprint density at radius 2 is 1.64 bits per heavy atom. The van der Waals surface area contributed by atoms with E-state index in [-0.39, 0.29) is 9.70 Å². The van der Waals surface area contributed by atoms with Crippen LogP contribution < -0.4 is 14.3 Å². The smallest absolute Gasteiger partial charge is 0.285 e. The lowest BCUT2D eigenvalue weighted by atomic mass is 10.3. The van der Waals surface area contributed by atoms with Gasteiger partial charge >= 0.3 is 0 Å². The van der Waals surface area contributed by atoms with Gasteiger partial charge in [0.2, 0.25) is 4.80 Å². The van der Waals surface area contributed by atoms with Gasteiger partial charge in [0.15, 0.2) is 0 Å². The standard InChI is InChI=1S/C16H15FN2O4S2/c1-19-14-12(22-2)8-9-13(23-3)15(14)24-16(19)18-25(20,21)11-6-4-10(17)5-7-11/h4-9H,1-3H3/b18-16-. The average Bonchev–Trinajstić information content (AvgIpc) is 2.91. The van der Waals surface area contributed by atoms with Crippen LogP contribution in [-0.2, 0) is 17.1 Å². The molecule has 6 nitrogen and oxygen atoms in total. The van der Waals surface area contributed by atoms with Crippen LogP contribution in [0.4, 0.5) is 4.39 Å². The number of sulfonamides is 1. The normalized spacial score (nSPS) is 12.6. The molecule has 0 aliphatic carbocycles. The quantitative estimate of drug-likeness (QED) is 0.696. The van der Waals surface area contributed by atoms with E-state index in [1.807, 2.05) is 0 Å². The van der Waals surface area contributed by atoms with Crippen molar-refractivity contribution >= 4 is 31.6 Å². The molecule has 1 heterocycles. The minimum absolute atomic E-state index is 0.0784. The van der Waals surface area contributed by atoms with Crippen LogP contribution >= 0.6 is 11.3 Å². The summed E-state index contributed by atoms with van der Waals surface area (Å²) >= 11 is 1.17. The van der Waals surface area contributed by atoms with Crippen molar-refractivity contribution in [1.29, 1.82) is 0 Å². The fraction of sp³-hybridized carbons (Fsp3) is 0.188. The highest BCUT2D eigenvalue weighted by atomic mass is 32.2. The topological polar surface area (TPSA) is 69.9 Å². The van der Waals surface area contributed by atoms with Gasteiger partial charge in [0.1, 0.15) is 27.5 Å². The first-order chi connectivity index (χ1) is 11.9. The minimum atomic E-state index is -3.97. The van der Waals surface area contributed by atoms with Gasteiger partial charge in [-0.25, -0.2) is 4.39 Å². The maximum atomic E-state index is 13.0. The monoisotopic (exact) mass is 382 g/mol. The SMILES string of the molecule is COc1ccc(OC)c2c1s/c(=N\S(=O)(=O)c1ccc(F)cc1)n2C. The van der Waals surface area contributed by atoms with Crippen molar-refractivity contribution in [2.75, 3.05) is 14.2 Å². The first kappa shape index (κ1) is 17.4. The maximum absolute atomic E-state index is 13.0. The number of aromatic nitrogens is 1. The number of nitrogens with zero attached hydrogens (tertiary/aromatic N) is 2. The first-order valence-electron chi connectivity index (χ1n) is 7.14. The van der Waals surface area contributed by atoms with Gasteiger partial charge in [-0.05, 0) is 36.4 Å². The molecule has 0 atom stereocenters. The van der Waals surface area contributed by atoms with Crippen LogP contribution in [0.25, 0.3) is 10.2 Å². The molecular formula is C16H15FN2O4S2. The van der Waals surface area contributed by atoms with Gasteiger partial charge in [-0.15, -0.1) is 4.40 Å². The number of methoxy groups -OCH3 is 2. The van der Waals surface area contributed by atoms with Crippen LogP contribution in [0.3, 0.4) is 0 Å². The van der Waals surface area contributed by atoms with Crippen LogP contribution in [0.5, 0.6) is 11.5 Å². The molecule has 132 valence electrons. The molecule has 0 amide bonds. The number of benzene rings is 2. The largest absolute Gasteiger partial charge is 0.495 e. The molecular weight excluding hydrogens is 367 g/mol. The highest BCUT2D eigenvalue weighted by Gasteiger charge is 2.17. The molecule has 25 heavy (non-hydrogen) atoms. The van der Waals surface area contributed by atoms with Crippen LogP contribution in [0, 0.1) is 5.82 Å². The van der Waals surface area contributed by atoms with E-state index >= 15 is 0 Å². The second-order valence-electron chi connectivity index (χ2n) is 5.11. The first-order valence-corrected chi connectivity index (χ1v) is 9.40. The van der Waals surface area contributed by atoms with Gasteiger partial charge in [0.05, 0.1) is 19.1 Å². The van der Waals surface area contributed by atoms with E-state index in [4.69, 9.17) is 9.47 Å². The molecule has 3 aromatic rings. The number of fused-ring (bicyclic) bond motifs is 1. The Kier molecular flexibility index (Phi) is 4.53. The summed E-state index contributed by atoms with van der Waals surface area (Å²) in [6, 6.07) is 8.02. The lowest BCUT2D eigenvalue weighted by Gasteiger charge is -2.06. The van der Waals surface area contributed by atoms with Crippen molar-refractivity contribution < 1.29 is 22.3 Å². The van der Waals surface area contributed by atoms with Gasteiger partial charge in [-0.1, -0.05) is 11.3 Å². The third-order valence-corrected chi connectivity index (χ3v) is 6.17. The maximum Gasteiger partial charge on any atom is 0.285 e. The Morgan fingerprint density at radius 3 is 2.24 bits per heavy atom. The number of thiazole rings is 1. The number of hydrogen-bond donors (Lipinski definition) is 0. The number of rotatable bonds is 4. The molecule has 0 N–H and O–H groups in total. The van der Waals surface area contributed by atoms with Crippen molar-refractivity contribution in [2.45, 2.75) is 4.90 Å². The fourth-order valence-corrected chi connectivity index (χ4v) is 4.73. The summed E-state index contributed by atoms with van der Waals surface area (Å²) in [5, 5.41) is 0.